The number of hydrogen-bond donors (Lipinski definition) is 1. The minimum Gasteiger partial charge on any atom is -0.337 e. The number of aromatic nitrogens is 2. The second kappa shape index (κ2) is 4.21. The second-order valence-corrected chi connectivity index (χ2v) is 4.40. The molecule has 1 saturated heterocycles. The maximum Gasteiger partial charge on any atom is 0.272 e. The van der Waals surface area contributed by atoms with Crippen molar-refractivity contribution in [2.24, 2.45) is 11.7 Å². The fraction of sp³-hybridized carbons (Fsp3) is 0.700. The van der Waals surface area contributed by atoms with E-state index in [1.807, 2.05) is 13.8 Å². The van der Waals surface area contributed by atoms with Gasteiger partial charge in [-0.05, 0) is 17.6 Å². The van der Waals surface area contributed by atoms with Crippen LogP contribution in [-0.2, 0) is 4.79 Å². The van der Waals surface area contributed by atoms with Gasteiger partial charge in [-0.1, -0.05) is 13.8 Å². The SMILES string of the molecule is CC(C)c1nc(N2CC(CN)CC2=O)no1. The van der Waals surface area contributed by atoms with Crippen molar-refractivity contribution in [3.8, 4) is 0 Å². The van der Waals surface area contributed by atoms with Crippen molar-refractivity contribution in [1.29, 1.82) is 0 Å². The van der Waals surface area contributed by atoms with Gasteiger partial charge < -0.3 is 10.3 Å². The lowest BCUT2D eigenvalue weighted by molar-refractivity contribution is -0.117. The highest BCUT2D eigenvalue weighted by Crippen LogP contribution is 2.23. The van der Waals surface area contributed by atoms with Crippen LogP contribution in [0, 0.1) is 5.92 Å². The Morgan fingerprint density at radius 3 is 2.88 bits per heavy atom. The Hall–Kier alpha value is -1.43. The molecule has 0 saturated carbocycles. The quantitative estimate of drug-likeness (QED) is 0.808. The highest BCUT2D eigenvalue weighted by atomic mass is 16.5. The first-order valence-corrected chi connectivity index (χ1v) is 5.46. The lowest BCUT2D eigenvalue weighted by Crippen LogP contribution is -2.26. The van der Waals surface area contributed by atoms with Gasteiger partial charge in [0.25, 0.3) is 5.95 Å². The zero-order valence-electron chi connectivity index (χ0n) is 9.51. The number of anilines is 1. The van der Waals surface area contributed by atoms with Crippen molar-refractivity contribution in [3.05, 3.63) is 5.89 Å². The summed E-state index contributed by atoms with van der Waals surface area (Å²) in [5.41, 5.74) is 5.55. The Balaban J connectivity index is 2.15. The minimum absolute atomic E-state index is 0.0200. The second-order valence-electron chi connectivity index (χ2n) is 4.40. The first-order chi connectivity index (χ1) is 7.61. The average Bonchev–Trinajstić information content (AvgIpc) is 2.83. The van der Waals surface area contributed by atoms with Crippen LogP contribution < -0.4 is 10.6 Å². The fourth-order valence-electron chi connectivity index (χ4n) is 1.70. The molecule has 0 aliphatic carbocycles. The van der Waals surface area contributed by atoms with E-state index in [2.05, 4.69) is 10.1 Å². The lowest BCUT2D eigenvalue weighted by Gasteiger charge is -2.09. The molecule has 0 aromatic carbocycles. The third kappa shape index (κ3) is 1.92. The van der Waals surface area contributed by atoms with Crippen LogP contribution in [0.2, 0.25) is 0 Å². The number of carbonyl (C=O) groups is 1. The van der Waals surface area contributed by atoms with E-state index < -0.39 is 0 Å². The summed E-state index contributed by atoms with van der Waals surface area (Å²) in [7, 11) is 0. The molecule has 1 amide bonds. The summed E-state index contributed by atoms with van der Waals surface area (Å²) in [6, 6.07) is 0. The molecule has 0 radical (unpaired) electrons. The van der Waals surface area contributed by atoms with Gasteiger partial charge in [-0.3, -0.25) is 9.69 Å². The number of nitrogens with two attached hydrogens (primary N) is 1. The zero-order valence-corrected chi connectivity index (χ0v) is 9.51. The molecule has 1 atom stereocenters. The van der Waals surface area contributed by atoms with Gasteiger partial charge in [0, 0.05) is 18.9 Å². The molecular formula is C10H16N4O2. The summed E-state index contributed by atoms with van der Waals surface area (Å²) in [6.45, 7) is 5.03. The molecule has 88 valence electrons. The van der Waals surface area contributed by atoms with Gasteiger partial charge >= 0.3 is 0 Å². The third-order valence-corrected chi connectivity index (χ3v) is 2.70. The number of rotatable bonds is 3. The zero-order chi connectivity index (χ0) is 11.7. The van der Waals surface area contributed by atoms with Crippen LogP contribution in [0.1, 0.15) is 32.1 Å². The highest BCUT2D eigenvalue weighted by molar-refractivity contribution is 5.93. The maximum absolute atomic E-state index is 11.7. The number of carbonyl (C=O) groups excluding carboxylic acids is 1. The fourth-order valence-corrected chi connectivity index (χ4v) is 1.70. The van der Waals surface area contributed by atoms with E-state index in [0.717, 1.165) is 0 Å². The molecule has 1 aromatic heterocycles. The van der Waals surface area contributed by atoms with Gasteiger partial charge in [0.2, 0.25) is 11.8 Å². The molecule has 1 aromatic rings. The third-order valence-electron chi connectivity index (χ3n) is 2.70. The van der Waals surface area contributed by atoms with Crippen LogP contribution in [0.5, 0.6) is 0 Å². The molecule has 1 fully saturated rings. The van der Waals surface area contributed by atoms with E-state index in [1.165, 1.54) is 0 Å². The van der Waals surface area contributed by atoms with E-state index in [9.17, 15) is 4.79 Å². The van der Waals surface area contributed by atoms with Crippen molar-refractivity contribution < 1.29 is 9.32 Å². The summed E-state index contributed by atoms with van der Waals surface area (Å²) >= 11 is 0. The van der Waals surface area contributed by atoms with E-state index in [4.69, 9.17) is 10.3 Å². The van der Waals surface area contributed by atoms with E-state index >= 15 is 0 Å². The van der Waals surface area contributed by atoms with Gasteiger partial charge in [-0.2, -0.15) is 4.98 Å². The van der Waals surface area contributed by atoms with Crippen molar-refractivity contribution in [2.75, 3.05) is 18.0 Å². The molecule has 2 heterocycles. The van der Waals surface area contributed by atoms with E-state index in [-0.39, 0.29) is 17.7 Å². The van der Waals surface area contributed by atoms with Crippen molar-refractivity contribution in [2.45, 2.75) is 26.2 Å². The number of amides is 1. The predicted octanol–water partition coefficient (Wildman–Crippen LogP) is 0.505. The summed E-state index contributed by atoms with van der Waals surface area (Å²) in [5.74, 6) is 1.31. The van der Waals surface area contributed by atoms with Crippen LogP contribution >= 0.6 is 0 Å². The Kier molecular flexibility index (Phi) is 2.91. The summed E-state index contributed by atoms with van der Waals surface area (Å²) in [5, 5.41) is 3.82. The Morgan fingerprint density at radius 1 is 1.62 bits per heavy atom. The maximum atomic E-state index is 11.7. The van der Waals surface area contributed by atoms with E-state index in [0.29, 0.717) is 31.3 Å². The van der Waals surface area contributed by atoms with Crippen molar-refractivity contribution in [3.63, 3.8) is 0 Å². The summed E-state index contributed by atoms with van der Waals surface area (Å²) < 4.78 is 5.07. The van der Waals surface area contributed by atoms with Gasteiger partial charge in [0.05, 0.1) is 0 Å². The largest absolute Gasteiger partial charge is 0.337 e. The average molecular weight is 224 g/mol. The Morgan fingerprint density at radius 2 is 2.38 bits per heavy atom. The molecule has 6 nitrogen and oxygen atoms in total. The van der Waals surface area contributed by atoms with Gasteiger partial charge in [-0.25, -0.2) is 0 Å². The topological polar surface area (TPSA) is 85.3 Å². The summed E-state index contributed by atoms with van der Waals surface area (Å²) in [4.78, 5) is 17.4. The van der Waals surface area contributed by atoms with Crippen LogP contribution in [0.15, 0.2) is 4.52 Å². The molecule has 16 heavy (non-hydrogen) atoms. The van der Waals surface area contributed by atoms with Gasteiger partial charge in [0.15, 0.2) is 0 Å². The van der Waals surface area contributed by atoms with Gasteiger partial charge in [-0.15, -0.1) is 0 Å². The molecule has 2 N–H and O–H groups in total. The number of hydrogen-bond acceptors (Lipinski definition) is 5. The summed E-state index contributed by atoms with van der Waals surface area (Å²) in [6.07, 6.45) is 0.474. The molecule has 1 aliphatic heterocycles. The van der Waals surface area contributed by atoms with Gasteiger partial charge in [0.1, 0.15) is 0 Å². The molecule has 1 aliphatic rings. The first-order valence-electron chi connectivity index (χ1n) is 5.46. The normalized spacial score (nSPS) is 21.1. The Labute approximate surface area is 93.8 Å². The van der Waals surface area contributed by atoms with Crippen molar-refractivity contribution in [1.82, 2.24) is 10.1 Å². The molecule has 2 rings (SSSR count). The monoisotopic (exact) mass is 224 g/mol. The predicted molar refractivity (Wildman–Crippen MR) is 57.9 cm³/mol. The lowest BCUT2D eigenvalue weighted by atomic mass is 10.1. The number of nitrogens with zero attached hydrogens (tertiary/aromatic N) is 3. The Bertz CT molecular complexity index is 388. The molecule has 0 bridgehead atoms. The highest BCUT2D eigenvalue weighted by Gasteiger charge is 2.32. The molecule has 0 spiro atoms. The molecule has 1 unspecified atom stereocenters. The van der Waals surface area contributed by atoms with Crippen LogP contribution in [0.25, 0.3) is 0 Å². The first kappa shape index (κ1) is 11.1. The molecular weight excluding hydrogens is 208 g/mol. The van der Waals surface area contributed by atoms with Crippen LogP contribution in [0.4, 0.5) is 5.95 Å². The standard InChI is InChI=1S/C10H16N4O2/c1-6(2)9-12-10(13-16-9)14-5-7(4-11)3-8(14)15/h6-7H,3-5,11H2,1-2H3. The van der Waals surface area contributed by atoms with E-state index in [1.54, 1.807) is 4.90 Å². The smallest absolute Gasteiger partial charge is 0.272 e. The molecule has 6 heteroatoms. The van der Waals surface area contributed by atoms with Crippen LogP contribution in [-0.4, -0.2) is 29.1 Å². The van der Waals surface area contributed by atoms with Crippen molar-refractivity contribution >= 4 is 11.9 Å². The minimum atomic E-state index is 0.0200. The van der Waals surface area contributed by atoms with Crippen LogP contribution in [0.3, 0.4) is 0 Å².